The maximum Gasteiger partial charge on any atom is 0.345 e. The lowest BCUT2D eigenvalue weighted by molar-refractivity contribution is 0.103. The van der Waals surface area contributed by atoms with E-state index >= 15 is 0 Å². The molecular formula is C17H14ClN7O2. The summed E-state index contributed by atoms with van der Waals surface area (Å²) in [5, 5.41) is 8.22. The van der Waals surface area contributed by atoms with Gasteiger partial charge in [0, 0.05) is 12.2 Å². The summed E-state index contributed by atoms with van der Waals surface area (Å²) in [5.74, 6) is 2.14. The smallest absolute Gasteiger partial charge is 0.345 e. The molecule has 1 fully saturated rings. The number of hydrogen-bond donors (Lipinski definition) is 0. The second kappa shape index (κ2) is 5.54. The highest BCUT2D eigenvalue weighted by molar-refractivity contribution is 6.29. The Morgan fingerprint density at radius 1 is 1.22 bits per heavy atom. The van der Waals surface area contributed by atoms with Crippen molar-refractivity contribution >= 4 is 29.3 Å². The average molecular weight is 384 g/mol. The first-order valence-electron chi connectivity index (χ1n) is 8.71. The molecule has 0 aliphatic carbocycles. The predicted molar refractivity (Wildman–Crippen MR) is 97.2 cm³/mol. The first-order chi connectivity index (χ1) is 13.3. The van der Waals surface area contributed by atoms with Crippen LogP contribution in [-0.4, -0.2) is 38.8 Å². The number of amidine groups is 1. The lowest BCUT2D eigenvalue weighted by Gasteiger charge is -2.33. The average Bonchev–Trinajstić information content (AvgIpc) is 3.46. The summed E-state index contributed by atoms with van der Waals surface area (Å²) in [6.07, 6.45) is 3.52. The number of ether oxygens (including phenoxy) is 1. The van der Waals surface area contributed by atoms with Crippen LogP contribution < -0.4 is 10.0 Å². The van der Waals surface area contributed by atoms with Crippen LogP contribution in [0.5, 0.6) is 0 Å². The number of rotatable bonds is 2. The number of hydrazine groups is 1. The molecule has 0 spiro atoms. The number of aromatic nitrogens is 4. The summed E-state index contributed by atoms with van der Waals surface area (Å²) >= 11 is 6.36. The molecule has 1 saturated heterocycles. The Morgan fingerprint density at radius 2 is 2.15 bits per heavy atom. The van der Waals surface area contributed by atoms with Gasteiger partial charge in [-0.3, -0.25) is 4.57 Å². The third kappa shape index (κ3) is 2.09. The second-order valence-electron chi connectivity index (χ2n) is 6.51. The van der Waals surface area contributed by atoms with E-state index in [-0.39, 0.29) is 6.10 Å². The zero-order valence-corrected chi connectivity index (χ0v) is 14.9. The third-order valence-electron chi connectivity index (χ3n) is 4.97. The lowest BCUT2D eigenvalue weighted by Crippen LogP contribution is -2.45. The molecule has 6 rings (SSSR count). The van der Waals surface area contributed by atoms with Crippen molar-refractivity contribution in [3.63, 3.8) is 0 Å². The van der Waals surface area contributed by atoms with Crippen molar-refractivity contribution < 1.29 is 9.26 Å². The molecule has 2 aromatic heterocycles. The molecule has 1 aromatic carbocycles. The van der Waals surface area contributed by atoms with Crippen LogP contribution in [0.3, 0.4) is 0 Å². The molecule has 0 saturated carbocycles. The fraction of sp³-hybridized carbons (Fsp3) is 0.294. The van der Waals surface area contributed by atoms with Gasteiger partial charge in [0.25, 0.3) is 0 Å². The molecule has 0 N–H and O–H groups in total. The largest absolute Gasteiger partial charge is 0.370 e. The van der Waals surface area contributed by atoms with E-state index in [0.717, 1.165) is 42.4 Å². The van der Waals surface area contributed by atoms with Gasteiger partial charge in [0.1, 0.15) is 12.8 Å². The fourth-order valence-electron chi connectivity index (χ4n) is 3.75. The van der Waals surface area contributed by atoms with Crippen LogP contribution in [0, 0.1) is 0 Å². The number of halogens is 1. The summed E-state index contributed by atoms with van der Waals surface area (Å²) < 4.78 is 13.1. The number of aliphatic imine (C=N–C) groups is 1. The van der Waals surface area contributed by atoms with Crippen molar-refractivity contribution in [2.45, 2.75) is 18.9 Å². The maximum absolute atomic E-state index is 6.36. The standard InChI is InChI=1S/C17H14ClN7O2/c18-16-19-8-13-24(16)11-5-2-1-4-10(11)15-20-9-23(25(13)15)17-21-14(22-27-17)12-6-3-7-26-12/h1-2,4-5,8,12H,3,6-7,9H2. The zero-order chi connectivity index (χ0) is 18.0. The molecule has 3 aliphatic heterocycles. The lowest BCUT2D eigenvalue weighted by atomic mass is 10.1. The van der Waals surface area contributed by atoms with E-state index < -0.39 is 0 Å². The number of para-hydroxylation sites is 1. The summed E-state index contributed by atoms with van der Waals surface area (Å²) in [6, 6.07) is 8.31. The predicted octanol–water partition coefficient (Wildman–Crippen LogP) is 2.72. The van der Waals surface area contributed by atoms with Crippen molar-refractivity contribution in [2.75, 3.05) is 23.3 Å². The maximum atomic E-state index is 6.36. The molecular weight excluding hydrogens is 370 g/mol. The highest BCUT2D eigenvalue weighted by Gasteiger charge is 2.39. The number of fused-ring (bicyclic) bond motifs is 6. The normalized spacial score (nSPS) is 20.5. The van der Waals surface area contributed by atoms with E-state index in [4.69, 9.17) is 25.9 Å². The molecule has 10 heteroatoms. The Labute approximate surface area is 158 Å². The first-order valence-corrected chi connectivity index (χ1v) is 9.09. The molecule has 0 radical (unpaired) electrons. The zero-order valence-electron chi connectivity index (χ0n) is 14.1. The van der Waals surface area contributed by atoms with Gasteiger partial charge in [-0.15, -0.1) is 0 Å². The molecule has 1 unspecified atom stereocenters. The Kier molecular flexibility index (Phi) is 3.12. The Balaban J connectivity index is 1.44. The minimum absolute atomic E-state index is 0.104. The van der Waals surface area contributed by atoms with Crippen molar-refractivity contribution in [2.24, 2.45) is 4.99 Å². The molecule has 5 heterocycles. The minimum Gasteiger partial charge on any atom is -0.370 e. The molecule has 0 bridgehead atoms. The highest BCUT2D eigenvalue weighted by atomic mass is 35.5. The second-order valence-corrected chi connectivity index (χ2v) is 6.85. The van der Waals surface area contributed by atoms with E-state index in [1.165, 1.54) is 0 Å². The molecule has 3 aromatic rings. The number of imidazole rings is 1. The topological polar surface area (TPSA) is 84.8 Å². The van der Waals surface area contributed by atoms with Gasteiger partial charge < -0.3 is 9.26 Å². The number of benzene rings is 1. The summed E-state index contributed by atoms with van der Waals surface area (Å²) in [6.45, 7) is 1.09. The van der Waals surface area contributed by atoms with Crippen LogP contribution >= 0.6 is 11.6 Å². The minimum atomic E-state index is -0.104. The molecule has 0 amide bonds. The van der Waals surface area contributed by atoms with Gasteiger partial charge in [0.2, 0.25) is 11.1 Å². The van der Waals surface area contributed by atoms with Crippen LogP contribution in [0.1, 0.15) is 30.3 Å². The molecule has 3 aliphatic rings. The van der Waals surface area contributed by atoms with Gasteiger partial charge in [-0.2, -0.15) is 4.98 Å². The van der Waals surface area contributed by atoms with Gasteiger partial charge in [-0.05, 0) is 36.6 Å². The number of nitrogens with zero attached hydrogens (tertiary/aromatic N) is 7. The van der Waals surface area contributed by atoms with Gasteiger partial charge >= 0.3 is 6.01 Å². The first kappa shape index (κ1) is 15.2. The fourth-order valence-corrected chi connectivity index (χ4v) is 3.98. The monoisotopic (exact) mass is 383 g/mol. The van der Waals surface area contributed by atoms with Crippen molar-refractivity contribution in [3.8, 4) is 5.69 Å². The van der Waals surface area contributed by atoms with Gasteiger partial charge in [0.05, 0.1) is 11.9 Å². The Bertz CT molecular complexity index is 1070. The van der Waals surface area contributed by atoms with E-state index in [1.807, 2.05) is 38.9 Å². The van der Waals surface area contributed by atoms with E-state index in [0.29, 0.717) is 23.8 Å². The number of hydrogen-bond acceptors (Lipinski definition) is 8. The van der Waals surface area contributed by atoms with E-state index in [2.05, 4.69) is 15.1 Å². The van der Waals surface area contributed by atoms with Crippen LogP contribution in [0.2, 0.25) is 5.28 Å². The van der Waals surface area contributed by atoms with Gasteiger partial charge in [-0.1, -0.05) is 17.3 Å². The van der Waals surface area contributed by atoms with Crippen LogP contribution in [0.4, 0.5) is 11.8 Å². The van der Waals surface area contributed by atoms with Crippen molar-refractivity contribution in [1.29, 1.82) is 0 Å². The highest BCUT2D eigenvalue weighted by Crippen LogP contribution is 2.38. The Hall–Kier alpha value is -2.91. The molecule has 1 atom stereocenters. The van der Waals surface area contributed by atoms with E-state index in [1.54, 1.807) is 6.20 Å². The SMILES string of the molecule is Clc1ncc2n1-c1ccccc1C1=NCN(c3nc(C4CCCO4)no3)N12. The Morgan fingerprint density at radius 3 is 3.04 bits per heavy atom. The summed E-state index contributed by atoms with van der Waals surface area (Å²) in [4.78, 5) is 13.5. The van der Waals surface area contributed by atoms with Crippen LogP contribution in [-0.2, 0) is 4.74 Å². The third-order valence-corrected chi connectivity index (χ3v) is 5.24. The molecule has 27 heavy (non-hydrogen) atoms. The number of anilines is 2. The van der Waals surface area contributed by atoms with Crippen LogP contribution in [0.15, 0.2) is 40.0 Å². The van der Waals surface area contributed by atoms with Gasteiger partial charge in [-0.25, -0.2) is 20.0 Å². The quantitative estimate of drug-likeness (QED) is 0.672. The molecule has 9 nitrogen and oxygen atoms in total. The van der Waals surface area contributed by atoms with Gasteiger partial charge in [0.15, 0.2) is 11.7 Å². The summed E-state index contributed by atoms with van der Waals surface area (Å²) in [5.41, 5.74) is 1.91. The van der Waals surface area contributed by atoms with Crippen molar-refractivity contribution in [3.05, 3.63) is 47.1 Å². The molecule has 136 valence electrons. The van der Waals surface area contributed by atoms with Crippen LogP contribution in [0.25, 0.3) is 5.69 Å². The van der Waals surface area contributed by atoms with E-state index in [9.17, 15) is 0 Å². The van der Waals surface area contributed by atoms with Crippen molar-refractivity contribution in [1.82, 2.24) is 19.7 Å². The summed E-state index contributed by atoms with van der Waals surface area (Å²) in [7, 11) is 0.